The molecule has 0 aliphatic heterocycles. The Labute approximate surface area is 124 Å². The largest absolute Gasteiger partial charge is 0.468 e. The number of nitrogens with zero attached hydrogens (tertiary/aromatic N) is 2. The number of aromatic nitrogens is 2. The average Bonchev–Trinajstić information content (AvgIpc) is 2.95. The summed E-state index contributed by atoms with van der Waals surface area (Å²) in [5, 5.41) is 2.45. The van der Waals surface area contributed by atoms with Crippen molar-refractivity contribution in [3.05, 3.63) is 52.4 Å². The molecule has 0 aliphatic rings. The SMILES string of the molecule is COC(=O)Cn1cnc2scc(-c3ccccc3)c2c1=O. The lowest BCUT2D eigenvalue weighted by Crippen LogP contribution is -2.25. The maximum absolute atomic E-state index is 12.6. The standard InChI is InChI=1S/C15H12N2O3S/c1-20-12(18)7-17-9-16-14-13(15(17)19)11(8-21-14)10-5-3-2-4-6-10/h2-6,8-9H,7H2,1H3. The molecule has 1 aromatic carbocycles. The van der Waals surface area contributed by atoms with Gasteiger partial charge in [0.05, 0.1) is 18.8 Å². The molecule has 0 fully saturated rings. The topological polar surface area (TPSA) is 61.2 Å². The van der Waals surface area contributed by atoms with Gasteiger partial charge in [-0.1, -0.05) is 30.3 Å². The minimum atomic E-state index is -0.477. The molecular weight excluding hydrogens is 288 g/mol. The normalized spacial score (nSPS) is 10.7. The van der Waals surface area contributed by atoms with Crippen LogP contribution >= 0.6 is 11.3 Å². The van der Waals surface area contributed by atoms with Crippen LogP contribution in [0.5, 0.6) is 0 Å². The highest BCUT2D eigenvalue weighted by molar-refractivity contribution is 7.17. The third-order valence-corrected chi connectivity index (χ3v) is 4.06. The van der Waals surface area contributed by atoms with Gasteiger partial charge in [0.2, 0.25) is 0 Å². The van der Waals surface area contributed by atoms with E-state index in [1.54, 1.807) is 0 Å². The first kappa shape index (κ1) is 13.5. The number of hydrogen-bond acceptors (Lipinski definition) is 5. The van der Waals surface area contributed by atoms with E-state index in [0.29, 0.717) is 10.2 Å². The molecule has 2 heterocycles. The van der Waals surface area contributed by atoms with Gasteiger partial charge in [-0.15, -0.1) is 11.3 Å². The monoisotopic (exact) mass is 300 g/mol. The van der Waals surface area contributed by atoms with Crippen LogP contribution in [-0.2, 0) is 16.1 Å². The minimum absolute atomic E-state index is 0.137. The van der Waals surface area contributed by atoms with Crippen molar-refractivity contribution < 1.29 is 9.53 Å². The number of rotatable bonds is 3. The molecule has 0 N–H and O–H groups in total. The van der Waals surface area contributed by atoms with Crippen molar-refractivity contribution in [3.8, 4) is 11.1 Å². The number of ether oxygens (including phenoxy) is 1. The first-order chi connectivity index (χ1) is 10.2. The van der Waals surface area contributed by atoms with Crippen molar-refractivity contribution in [2.75, 3.05) is 7.11 Å². The van der Waals surface area contributed by atoms with Crippen molar-refractivity contribution in [2.45, 2.75) is 6.54 Å². The molecule has 0 amide bonds. The molecule has 0 saturated heterocycles. The van der Waals surface area contributed by atoms with E-state index in [2.05, 4.69) is 9.72 Å². The Balaban J connectivity index is 2.18. The molecular formula is C15H12N2O3S. The molecule has 0 atom stereocenters. The second-order valence-corrected chi connectivity index (χ2v) is 5.31. The number of methoxy groups -OCH3 is 1. The molecule has 5 nitrogen and oxygen atoms in total. The zero-order valence-electron chi connectivity index (χ0n) is 11.3. The second-order valence-electron chi connectivity index (χ2n) is 4.45. The van der Waals surface area contributed by atoms with Gasteiger partial charge in [0.15, 0.2) is 0 Å². The Bertz CT molecular complexity index is 852. The highest BCUT2D eigenvalue weighted by Gasteiger charge is 2.14. The number of esters is 1. The number of fused-ring (bicyclic) bond motifs is 1. The van der Waals surface area contributed by atoms with Gasteiger partial charge in [-0.3, -0.25) is 14.2 Å². The Morgan fingerprint density at radius 3 is 2.81 bits per heavy atom. The minimum Gasteiger partial charge on any atom is -0.468 e. The van der Waals surface area contributed by atoms with Crippen molar-refractivity contribution in [2.24, 2.45) is 0 Å². The van der Waals surface area contributed by atoms with Gasteiger partial charge >= 0.3 is 5.97 Å². The Hall–Kier alpha value is -2.47. The second kappa shape index (κ2) is 5.49. The maximum Gasteiger partial charge on any atom is 0.325 e. The fourth-order valence-electron chi connectivity index (χ4n) is 2.11. The lowest BCUT2D eigenvalue weighted by atomic mass is 10.1. The molecule has 3 aromatic rings. The summed E-state index contributed by atoms with van der Waals surface area (Å²) in [6.45, 7) is -0.137. The van der Waals surface area contributed by atoms with Crippen LogP contribution < -0.4 is 5.56 Å². The quantitative estimate of drug-likeness (QED) is 0.696. The van der Waals surface area contributed by atoms with E-state index in [4.69, 9.17) is 0 Å². The predicted octanol–water partition coefficient (Wildman–Crippen LogP) is 2.30. The number of hydrogen-bond donors (Lipinski definition) is 0. The van der Waals surface area contributed by atoms with Gasteiger partial charge in [-0.2, -0.15) is 0 Å². The summed E-state index contributed by atoms with van der Waals surface area (Å²) in [7, 11) is 1.29. The van der Waals surface area contributed by atoms with E-state index in [0.717, 1.165) is 11.1 Å². The van der Waals surface area contributed by atoms with E-state index in [1.807, 2.05) is 35.7 Å². The van der Waals surface area contributed by atoms with E-state index < -0.39 is 5.97 Å². The molecule has 0 radical (unpaired) electrons. The van der Waals surface area contributed by atoms with Crippen molar-refractivity contribution in [1.82, 2.24) is 9.55 Å². The lowest BCUT2D eigenvalue weighted by Gasteiger charge is -2.04. The summed E-state index contributed by atoms with van der Waals surface area (Å²) < 4.78 is 5.86. The Morgan fingerprint density at radius 2 is 2.10 bits per heavy atom. The van der Waals surface area contributed by atoms with Crippen LogP contribution in [0.4, 0.5) is 0 Å². The highest BCUT2D eigenvalue weighted by Crippen LogP contribution is 2.30. The van der Waals surface area contributed by atoms with Gasteiger partial charge in [0.1, 0.15) is 11.4 Å². The summed E-state index contributed by atoms with van der Waals surface area (Å²) in [5.41, 5.74) is 1.57. The van der Waals surface area contributed by atoms with Crippen LogP contribution in [0, 0.1) is 0 Å². The van der Waals surface area contributed by atoms with Crippen LogP contribution in [0.15, 0.2) is 46.8 Å². The van der Waals surface area contributed by atoms with Gasteiger partial charge in [0, 0.05) is 10.9 Å². The van der Waals surface area contributed by atoms with Crippen molar-refractivity contribution in [3.63, 3.8) is 0 Å². The first-order valence-electron chi connectivity index (χ1n) is 6.29. The summed E-state index contributed by atoms with van der Waals surface area (Å²) in [4.78, 5) is 28.8. The number of thiophene rings is 1. The van der Waals surface area contributed by atoms with Gasteiger partial charge in [0.25, 0.3) is 5.56 Å². The summed E-state index contributed by atoms with van der Waals surface area (Å²) in [6, 6.07) is 9.65. The van der Waals surface area contributed by atoms with Gasteiger partial charge in [-0.05, 0) is 5.56 Å². The number of carbonyl (C=O) groups is 1. The number of benzene rings is 1. The molecule has 6 heteroatoms. The highest BCUT2D eigenvalue weighted by atomic mass is 32.1. The van der Waals surface area contributed by atoms with Crippen LogP contribution in [0.2, 0.25) is 0 Å². The van der Waals surface area contributed by atoms with E-state index in [1.165, 1.54) is 29.3 Å². The molecule has 3 rings (SSSR count). The van der Waals surface area contributed by atoms with Crippen molar-refractivity contribution >= 4 is 27.5 Å². The molecule has 0 spiro atoms. The summed E-state index contributed by atoms with van der Waals surface area (Å²) in [5.74, 6) is -0.477. The maximum atomic E-state index is 12.6. The molecule has 21 heavy (non-hydrogen) atoms. The Morgan fingerprint density at radius 1 is 1.33 bits per heavy atom. The zero-order valence-corrected chi connectivity index (χ0v) is 12.1. The van der Waals surface area contributed by atoms with Crippen LogP contribution in [0.25, 0.3) is 21.3 Å². The third kappa shape index (κ3) is 2.45. The molecule has 0 aliphatic carbocycles. The molecule has 0 unspecified atom stereocenters. The van der Waals surface area contributed by atoms with Crippen LogP contribution in [0.1, 0.15) is 0 Å². The molecule has 2 aromatic heterocycles. The number of carbonyl (C=O) groups excluding carboxylic acids is 1. The first-order valence-corrected chi connectivity index (χ1v) is 7.17. The molecule has 0 saturated carbocycles. The fraction of sp³-hybridized carbons (Fsp3) is 0.133. The lowest BCUT2D eigenvalue weighted by molar-refractivity contribution is -0.141. The van der Waals surface area contributed by atoms with Gasteiger partial charge in [-0.25, -0.2) is 4.98 Å². The third-order valence-electron chi connectivity index (χ3n) is 3.17. The fourth-order valence-corrected chi connectivity index (χ4v) is 3.02. The van der Waals surface area contributed by atoms with Crippen LogP contribution in [-0.4, -0.2) is 22.6 Å². The molecule has 0 bridgehead atoms. The van der Waals surface area contributed by atoms with Crippen LogP contribution in [0.3, 0.4) is 0 Å². The van der Waals surface area contributed by atoms with E-state index >= 15 is 0 Å². The van der Waals surface area contributed by atoms with E-state index in [-0.39, 0.29) is 12.1 Å². The Kier molecular flexibility index (Phi) is 3.53. The van der Waals surface area contributed by atoms with Crippen molar-refractivity contribution in [1.29, 1.82) is 0 Å². The predicted molar refractivity (Wildman–Crippen MR) is 81.3 cm³/mol. The smallest absolute Gasteiger partial charge is 0.325 e. The molecule has 106 valence electrons. The summed E-state index contributed by atoms with van der Waals surface area (Å²) in [6.07, 6.45) is 1.38. The average molecular weight is 300 g/mol. The van der Waals surface area contributed by atoms with Gasteiger partial charge < -0.3 is 4.74 Å². The van der Waals surface area contributed by atoms with E-state index in [9.17, 15) is 9.59 Å². The summed E-state index contributed by atoms with van der Waals surface area (Å²) >= 11 is 1.42. The zero-order chi connectivity index (χ0) is 14.8.